The van der Waals surface area contributed by atoms with E-state index in [0.29, 0.717) is 0 Å². The van der Waals surface area contributed by atoms with Crippen molar-refractivity contribution in [2.75, 3.05) is 4.90 Å². The fraction of sp³-hybridized carbons (Fsp3) is 0.111. The van der Waals surface area contributed by atoms with Crippen molar-refractivity contribution in [3.8, 4) is 0 Å². The Kier molecular flexibility index (Phi) is 4.21. The quantitative estimate of drug-likeness (QED) is 0.363. The summed E-state index contributed by atoms with van der Waals surface area (Å²) in [4.78, 5) is 2.38. The lowest BCUT2D eigenvalue weighted by Crippen LogP contribution is -2.11. The van der Waals surface area contributed by atoms with Gasteiger partial charge in [0, 0.05) is 16.8 Å². The van der Waals surface area contributed by atoms with Crippen molar-refractivity contribution in [1.29, 1.82) is 0 Å². The predicted molar refractivity (Wildman–Crippen MR) is 121 cm³/mol. The van der Waals surface area contributed by atoms with Gasteiger partial charge in [0.25, 0.3) is 0 Å². The summed E-state index contributed by atoms with van der Waals surface area (Å²) in [5.74, 6) is 0. The van der Waals surface area contributed by atoms with Gasteiger partial charge in [-0.25, -0.2) is 0 Å². The van der Waals surface area contributed by atoms with Gasteiger partial charge in [0.1, 0.15) is 0 Å². The first-order valence-corrected chi connectivity index (χ1v) is 9.94. The number of anilines is 3. The first-order chi connectivity index (χ1) is 13.8. The van der Waals surface area contributed by atoms with E-state index in [1.165, 1.54) is 44.5 Å². The number of benzene rings is 4. The molecule has 5 rings (SSSR count). The van der Waals surface area contributed by atoms with Crippen LogP contribution in [-0.4, -0.2) is 0 Å². The molecule has 1 nitrogen and oxygen atoms in total. The van der Waals surface area contributed by atoms with Gasteiger partial charge in [0.15, 0.2) is 0 Å². The fourth-order valence-corrected chi connectivity index (χ4v) is 4.08. The molecule has 0 spiro atoms. The van der Waals surface area contributed by atoms with Crippen molar-refractivity contribution in [1.82, 2.24) is 0 Å². The van der Waals surface area contributed by atoms with Gasteiger partial charge in [-0.3, -0.25) is 0 Å². The highest BCUT2D eigenvalue weighted by atomic mass is 15.1. The second-order valence-corrected chi connectivity index (χ2v) is 7.49. The van der Waals surface area contributed by atoms with Crippen molar-refractivity contribution in [3.05, 3.63) is 108 Å². The maximum Gasteiger partial charge on any atom is 0.0540 e. The number of allylic oxidation sites excluding steroid dienone is 1. The topological polar surface area (TPSA) is 3.24 Å². The standard InChI is InChI=1S/C27H23N/c1-20-13-16-24(17-14-20)28(25-18-15-21-7-2-3-9-23(21)19-25)27-12-6-10-22-8-4-5-11-26(22)27/h3-6,8-19H,2,7H2,1H3. The Labute approximate surface area is 166 Å². The molecule has 0 heterocycles. The summed E-state index contributed by atoms with van der Waals surface area (Å²) >= 11 is 0. The fourth-order valence-electron chi connectivity index (χ4n) is 4.08. The lowest BCUT2D eigenvalue weighted by Gasteiger charge is -2.28. The highest BCUT2D eigenvalue weighted by molar-refractivity contribution is 5.99. The molecule has 4 aromatic rings. The van der Waals surface area contributed by atoms with Gasteiger partial charge in [-0.05, 0) is 66.6 Å². The Morgan fingerprint density at radius 1 is 0.750 bits per heavy atom. The lowest BCUT2D eigenvalue weighted by molar-refractivity contribution is 0.985. The molecule has 0 fully saturated rings. The Bertz CT molecular complexity index is 1160. The summed E-state index contributed by atoms with van der Waals surface area (Å²) in [6, 6.07) is 30.9. The van der Waals surface area contributed by atoms with Gasteiger partial charge >= 0.3 is 0 Å². The molecule has 0 bridgehead atoms. The number of aryl methyl sites for hydroxylation is 2. The third-order valence-corrected chi connectivity index (χ3v) is 5.57. The third-order valence-electron chi connectivity index (χ3n) is 5.57. The minimum absolute atomic E-state index is 1.13. The van der Waals surface area contributed by atoms with Gasteiger partial charge in [0.05, 0.1) is 5.69 Å². The van der Waals surface area contributed by atoms with Crippen LogP contribution in [-0.2, 0) is 6.42 Å². The molecule has 0 amide bonds. The Hall–Kier alpha value is -3.32. The van der Waals surface area contributed by atoms with E-state index < -0.39 is 0 Å². The van der Waals surface area contributed by atoms with Crippen LogP contribution in [0.5, 0.6) is 0 Å². The summed E-state index contributed by atoms with van der Waals surface area (Å²) in [5, 5.41) is 2.52. The summed E-state index contributed by atoms with van der Waals surface area (Å²) in [7, 11) is 0. The molecule has 0 aromatic heterocycles. The molecule has 0 atom stereocenters. The molecule has 0 saturated carbocycles. The second kappa shape index (κ2) is 7.01. The molecule has 1 aliphatic carbocycles. The van der Waals surface area contributed by atoms with Gasteiger partial charge in [0.2, 0.25) is 0 Å². The molecule has 136 valence electrons. The van der Waals surface area contributed by atoms with Crippen LogP contribution in [0.1, 0.15) is 23.1 Å². The second-order valence-electron chi connectivity index (χ2n) is 7.49. The van der Waals surface area contributed by atoms with Gasteiger partial charge < -0.3 is 4.90 Å². The molecule has 0 unspecified atom stereocenters. The summed E-state index contributed by atoms with van der Waals surface area (Å²) in [5.41, 5.74) is 7.64. The molecule has 0 saturated heterocycles. The van der Waals surface area contributed by atoms with Gasteiger partial charge in [-0.1, -0.05) is 72.3 Å². The molecule has 0 N–H and O–H groups in total. The zero-order valence-electron chi connectivity index (χ0n) is 16.1. The van der Waals surface area contributed by atoms with Crippen LogP contribution in [0.2, 0.25) is 0 Å². The number of nitrogens with zero attached hydrogens (tertiary/aromatic N) is 1. The zero-order chi connectivity index (χ0) is 18.9. The average Bonchev–Trinajstić information content (AvgIpc) is 2.75. The number of hydrogen-bond donors (Lipinski definition) is 0. The van der Waals surface area contributed by atoms with Crippen molar-refractivity contribution < 1.29 is 0 Å². The van der Waals surface area contributed by atoms with Crippen LogP contribution in [0.25, 0.3) is 16.8 Å². The van der Waals surface area contributed by atoms with Gasteiger partial charge in [-0.15, -0.1) is 0 Å². The zero-order valence-corrected chi connectivity index (χ0v) is 16.1. The van der Waals surface area contributed by atoms with E-state index in [0.717, 1.165) is 12.8 Å². The van der Waals surface area contributed by atoms with Crippen LogP contribution >= 0.6 is 0 Å². The SMILES string of the molecule is Cc1ccc(N(c2ccc3c(c2)C=CCC3)c2cccc3ccccc23)cc1. The lowest BCUT2D eigenvalue weighted by atomic mass is 9.96. The van der Waals surface area contributed by atoms with E-state index in [1.54, 1.807) is 0 Å². The van der Waals surface area contributed by atoms with Crippen LogP contribution in [0.15, 0.2) is 91.0 Å². The Balaban J connectivity index is 1.74. The maximum absolute atomic E-state index is 2.38. The largest absolute Gasteiger partial charge is 0.310 e. The van der Waals surface area contributed by atoms with E-state index in [-0.39, 0.29) is 0 Å². The summed E-state index contributed by atoms with van der Waals surface area (Å²) in [6.07, 6.45) is 6.81. The Morgan fingerprint density at radius 2 is 1.54 bits per heavy atom. The molecular weight excluding hydrogens is 338 g/mol. The minimum atomic E-state index is 1.13. The van der Waals surface area contributed by atoms with E-state index in [9.17, 15) is 0 Å². The van der Waals surface area contributed by atoms with E-state index in [1.807, 2.05) is 0 Å². The average molecular weight is 361 g/mol. The van der Waals surface area contributed by atoms with Crippen molar-refractivity contribution >= 4 is 33.9 Å². The number of hydrogen-bond acceptors (Lipinski definition) is 1. The summed E-state index contributed by atoms with van der Waals surface area (Å²) in [6.45, 7) is 2.13. The highest BCUT2D eigenvalue weighted by Gasteiger charge is 2.16. The molecule has 0 aliphatic heterocycles. The van der Waals surface area contributed by atoms with Crippen LogP contribution in [0, 0.1) is 6.92 Å². The molecule has 28 heavy (non-hydrogen) atoms. The number of fused-ring (bicyclic) bond motifs is 2. The number of rotatable bonds is 3. The first kappa shape index (κ1) is 16.8. The van der Waals surface area contributed by atoms with Crippen molar-refractivity contribution in [2.24, 2.45) is 0 Å². The molecule has 4 aromatic carbocycles. The monoisotopic (exact) mass is 361 g/mol. The first-order valence-electron chi connectivity index (χ1n) is 9.94. The highest BCUT2D eigenvalue weighted by Crippen LogP contribution is 2.40. The Morgan fingerprint density at radius 3 is 2.43 bits per heavy atom. The van der Waals surface area contributed by atoms with Crippen LogP contribution in [0.4, 0.5) is 17.1 Å². The molecule has 0 radical (unpaired) electrons. The van der Waals surface area contributed by atoms with Crippen molar-refractivity contribution in [2.45, 2.75) is 19.8 Å². The van der Waals surface area contributed by atoms with Crippen LogP contribution < -0.4 is 4.90 Å². The molecular formula is C27H23N. The smallest absolute Gasteiger partial charge is 0.0540 e. The predicted octanol–water partition coefficient (Wildman–Crippen LogP) is 7.58. The molecule has 1 heteroatoms. The third kappa shape index (κ3) is 2.99. The maximum atomic E-state index is 2.38. The van der Waals surface area contributed by atoms with E-state index in [4.69, 9.17) is 0 Å². The minimum Gasteiger partial charge on any atom is -0.310 e. The van der Waals surface area contributed by atoms with E-state index >= 15 is 0 Å². The van der Waals surface area contributed by atoms with E-state index in [2.05, 4.69) is 109 Å². The van der Waals surface area contributed by atoms with Crippen LogP contribution in [0.3, 0.4) is 0 Å². The normalized spacial score (nSPS) is 12.8. The van der Waals surface area contributed by atoms with Gasteiger partial charge in [-0.2, -0.15) is 0 Å². The van der Waals surface area contributed by atoms with Crippen molar-refractivity contribution in [3.63, 3.8) is 0 Å². The molecule has 1 aliphatic rings. The summed E-state index contributed by atoms with van der Waals surface area (Å²) < 4.78 is 0.